The second-order valence-electron chi connectivity index (χ2n) is 7.09. The van der Waals surface area contributed by atoms with E-state index in [2.05, 4.69) is 26.8 Å². The minimum Gasteiger partial charge on any atom is -0.493 e. The van der Waals surface area contributed by atoms with Crippen LogP contribution in [-0.4, -0.2) is 57.3 Å². The molecule has 0 aliphatic carbocycles. The van der Waals surface area contributed by atoms with Crippen LogP contribution in [0.2, 0.25) is 0 Å². The number of carbonyl (C=O) groups excluding carboxylic acids is 1. The smallest absolute Gasteiger partial charge is 0.387 e. The van der Waals surface area contributed by atoms with Gasteiger partial charge >= 0.3 is 6.61 Å². The lowest BCUT2D eigenvalue weighted by Crippen LogP contribution is -2.46. The van der Waals surface area contributed by atoms with Gasteiger partial charge in [-0.15, -0.1) is 0 Å². The topological polar surface area (TPSA) is 54.0 Å². The van der Waals surface area contributed by atoms with Crippen LogP contribution in [0.1, 0.15) is 22.8 Å². The summed E-state index contributed by atoms with van der Waals surface area (Å²) in [7, 11) is 1.33. The van der Waals surface area contributed by atoms with E-state index in [9.17, 15) is 13.6 Å². The van der Waals surface area contributed by atoms with Crippen molar-refractivity contribution in [3.05, 3.63) is 47.5 Å². The van der Waals surface area contributed by atoms with Gasteiger partial charge in [-0.05, 0) is 49.4 Å². The van der Waals surface area contributed by atoms with Crippen LogP contribution < -0.4 is 19.7 Å². The van der Waals surface area contributed by atoms with Crippen molar-refractivity contribution in [2.24, 2.45) is 0 Å². The number of aryl methyl sites for hydroxylation is 1. The highest BCUT2D eigenvalue weighted by Gasteiger charge is 2.21. The van der Waals surface area contributed by atoms with Gasteiger partial charge in [-0.1, -0.05) is 13.0 Å². The third-order valence-electron chi connectivity index (χ3n) is 5.29. The number of para-hydroxylation sites is 1. The number of nitrogens with one attached hydrogen (secondary N) is 1. The van der Waals surface area contributed by atoms with Crippen LogP contribution in [0.4, 0.5) is 20.2 Å². The first kappa shape index (κ1) is 21.8. The number of amides is 1. The molecule has 6 nitrogen and oxygen atoms in total. The van der Waals surface area contributed by atoms with Crippen molar-refractivity contribution in [3.8, 4) is 11.5 Å². The Kier molecular flexibility index (Phi) is 7.10. The lowest BCUT2D eigenvalue weighted by atomic mass is 10.1. The number of likely N-dealkylation sites (N-methyl/N-ethyl adjacent to an activating group) is 1. The molecule has 0 saturated carbocycles. The second-order valence-corrected chi connectivity index (χ2v) is 7.09. The van der Waals surface area contributed by atoms with Crippen LogP contribution in [0.5, 0.6) is 11.5 Å². The summed E-state index contributed by atoms with van der Waals surface area (Å²) >= 11 is 0. The fourth-order valence-corrected chi connectivity index (χ4v) is 3.56. The highest BCUT2D eigenvalue weighted by Crippen LogP contribution is 2.33. The average molecular weight is 419 g/mol. The van der Waals surface area contributed by atoms with Gasteiger partial charge in [-0.25, -0.2) is 0 Å². The molecule has 1 aliphatic heterocycles. The molecule has 2 aromatic carbocycles. The highest BCUT2D eigenvalue weighted by atomic mass is 19.3. The number of carbonyl (C=O) groups is 1. The number of ether oxygens (including phenoxy) is 2. The van der Waals surface area contributed by atoms with E-state index in [1.54, 1.807) is 6.07 Å². The second kappa shape index (κ2) is 9.75. The predicted octanol–water partition coefficient (Wildman–Crippen LogP) is 4.00. The van der Waals surface area contributed by atoms with Crippen molar-refractivity contribution >= 4 is 17.3 Å². The van der Waals surface area contributed by atoms with Gasteiger partial charge in [0.2, 0.25) is 0 Å². The van der Waals surface area contributed by atoms with Crippen molar-refractivity contribution < 1.29 is 23.0 Å². The van der Waals surface area contributed by atoms with Crippen molar-refractivity contribution in [1.29, 1.82) is 0 Å². The lowest BCUT2D eigenvalue weighted by molar-refractivity contribution is -0.0515. The summed E-state index contributed by atoms with van der Waals surface area (Å²) in [6.45, 7) is 6.02. The first-order valence-electron chi connectivity index (χ1n) is 9.94. The monoisotopic (exact) mass is 419 g/mol. The Morgan fingerprint density at radius 2 is 1.90 bits per heavy atom. The minimum atomic E-state index is -3.07. The van der Waals surface area contributed by atoms with Crippen LogP contribution in [0, 0.1) is 6.92 Å². The number of methoxy groups -OCH3 is 1. The van der Waals surface area contributed by atoms with Crippen LogP contribution in [0.3, 0.4) is 0 Å². The van der Waals surface area contributed by atoms with E-state index in [1.165, 1.54) is 19.2 Å². The maximum Gasteiger partial charge on any atom is 0.387 e. The molecule has 1 amide bonds. The number of benzene rings is 2. The molecule has 1 N–H and O–H groups in total. The average Bonchev–Trinajstić information content (AvgIpc) is 2.75. The zero-order valence-electron chi connectivity index (χ0n) is 17.5. The summed E-state index contributed by atoms with van der Waals surface area (Å²) in [5.41, 5.74) is 2.58. The third kappa shape index (κ3) is 4.99. The molecule has 0 aromatic heterocycles. The van der Waals surface area contributed by atoms with Gasteiger partial charge in [0.1, 0.15) is 0 Å². The van der Waals surface area contributed by atoms with Gasteiger partial charge in [-0.3, -0.25) is 4.79 Å². The number of nitrogens with zero attached hydrogens (tertiary/aromatic N) is 2. The fraction of sp³-hybridized carbons (Fsp3) is 0.409. The number of anilines is 2. The van der Waals surface area contributed by atoms with Crippen molar-refractivity contribution in [1.82, 2.24) is 4.90 Å². The standard InChI is InChI=1S/C22H27F2N3O3/c1-4-26-10-12-27(13-11-26)16-8-9-18(15(2)14-16)25-21(28)17-6-5-7-19(29-3)20(17)30-22(23)24/h5-9,14,22H,4,10-13H2,1-3H3,(H,25,28). The van der Waals surface area contributed by atoms with E-state index in [0.717, 1.165) is 44.0 Å². The Hall–Kier alpha value is -2.87. The van der Waals surface area contributed by atoms with Gasteiger partial charge in [0.05, 0.1) is 12.7 Å². The molecule has 162 valence electrons. The van der Waals surface area contributed by atoms with Crippen molar-refractivity contribution in [2.75, 3.05) is 50.1 Å². The maximum atomic E-state index is 12.8. The Morgan fingerprint density at radius 3 is 2.50 bits per heavy atom. The molecule has 8 heteroatoms. The molecular formula is C22H27F2N3O3. The Labute approximate surface area is 175 Å². The number of hydrogen-bond donors (Lipinski definition) is 1. The summed E-state index contributed by atoms with van der Waals surface area (Å²) in [5.74, 6) is -0.756. The van der Waals surface area contributed by atoms with Crippen LogP contribution in [-0.2, 0) is 0 Å². The molecular weight excluding hydrogens is 392 g/mol. The Bertz CT molecular complexity index is 884. The molecule has 0 spiro atoms. The number of hydrogen-bond acceptors (Lipinski definition) is 5. The molecule has 30 heavy (non-hydrogen) atoms. The molecule has 0 bridgehead atoms. The van der Waals surface area contributed by atoms with Gasteiger partial charge in [-0.2, -0.15) is 8.78 Å². The number of rotatable bonds is 7. The van der Waals surface area contributed by atoms with Gasteiger partial charge in [0.25, 0.3) is 5.91 Å². The summed E-state index contributed by atoms with van der Waals surface area (Å²) in [5, 5.41) is 2.79. The Morgan fingerprint density at radius 1 is 1.17 bits per heavy atom. The zero-order valence-corrected chi connectivity index (χ0v) is 17.5. The van der Waals surface area contributed by atoms with E-state index >= 15 is 0 Å². The van der Waals surface area contributed by atoms with Crippen LogP contribution in [0.25, 0.3) is 0 Å². The zero-order chi connectivity index (χ0) is 21.7. The summed E-state index contributed by atoms with van der Waals surface area (Å²) in [6.07, 6.45) is 0. The molecule has 0 unspecified atom stereocenters. The predicted molar refractivity (Wildman–Crippen MR) is 113 cm³/mol. The number of alkyl halides is 2. The number of piperazine rings is 1. The SMILES string of the molecule is CCN1CCN(c2ccc(NC(=O)c3cccc(OC)c3OC(F)F)c(C)c2)CC1. The first-order valence-corrected chi connectivity index (χ1v) is 9.94. The summed E-state index contributed by atoms with van der Waals surface area (Å²) in [4.78, 5) is 17.5. The molecule has 1 aliphatic rings. The molecule has 1 heterocycles. The van der Waals surface area contributed by atoms with E-state index in [1.807, 2.05) is 25.1 Å². The molecule has 0 radical (unpaired) electrons. The molecule has 1 saturated heterocycles. The summed E-state index contributed by atoms with van der Waals surface area (Å²) in [6, 6.07) is 10.3. The van der Waals surface area contributed by atoms with Gasteiger partial charge < -0.3 is 24.6 Å². The van der Waals surface area contributed by atoms with E-state index in [4.69, 9.17) is 4.74 Å². The van der Waals surface area contributed by atoms with Gasteiger partial charge in [0.15, 0.2) is 11.5 Å². The number of halogens is 2. The molecule has 3 rings (SSSR count). The highest BCUT2D eigenvalue weighted by molar-refractivity contribution is 6.07. The third-order valence-corrected chi connectivity index (χ3v) is 5.29. The maximum absolute atomic E-state index is 12.8. The summed E-state index contributed by atoms with van der Waals surface area (Å²) < 4.78 is 35.2. The van der Waals surface area contributed by atoms with Crippen molar-refractivity contribution in [3.63, 3.8) is 0 Å². The van der Waals surface area contributed by atoms with Crippen LogP contribution >= 0.6 is 0 Å². The molecule has 2 aromatic rings. The van der Waals surface area contributed by atoms with E-state index < -0.39 is 12.5 Å². The van der Waals surface area contributed by atoms with E-state index in [-0.39, 0.29) is 17.1 Å². The van der Waals surface area contributed by atoms with E-state index in [0.29, 0.717) is 5.69 Å². The normalized spacial score (nSPS) is 14.7. The molecule has 0 atom stereocenters. The quantitative estimate of drug-likeness (QED) is 0.735. The van der Waals surface area contributed by atoms with Crippen LogP contribution in [0.15, 0.2) is 36.4 Å². The lowest BCUT2D eigenvalue weighted by Gasteiger charge is -2.35. The van der Waals surface area contributed by atoms with Crippen molar-refractivity contribution in [2.45, 2.75) is 20.5 Å². The first-order chi connectivity index (χ1) is 14.4. The largest absolute Gasteiger partial charge is 0.493 e. The van der Waals surface area contributed by atoms with Gasteiger partial charge in [0, 0.05) is 37.6 Å². The fourth-order valence-electron chi connectivity index (χ4n) is 3.56. The Balaban J connectivity index is 1.76. The molecule has 1 fully saturated rings. The minimum absolute atomic E-state index is 0.0196.